The van der Waals surface area contributed by atoms with E-state index in [4.69, 9.17) is 0 Å². The molecule has 0 saturated carbocycles. The molecule has 2 amide bonds. The highest BCUT2D eigenvalue weighted by Gasteiger charge is 2.26. The summed E-state index contributed by atoms with van der Waals surface area (Å²) in [6.45, 7) is 12.5. The van der Waals surface area contributed by atoms with Crippen molar-refractivity contribution in [3.63, 3.8) is 0 Å². The van der Waals surface area contributed by atoms with Crippen molar-refractivity contribution in [2.45, 2.75) is 34.1 Å². The summed E-state index contributed by atoms with van der Waals surface area (Å²) in [6.07, 6.45) is 1.26. The first-order valence-electron chi connectivity index (χ1n) is 9.45. The van der Waals surface area contributed by atoms with E-state index in [-0.39, 0.29) is 11.8 Å². The van der Waals surface area contributed by atoms with E-state index in [9.17, 15) is 9.59 Å². The molecule has 138 valence electrons. The molecule has 5 nitrogen and oxygen atoms in total. The van der Waals surface area contributed by atoms with Crippen molar-refractivity contribution in [2.24, 2.45) is 11.8 Å². The van der Waals surface area contributed by atoms with Crippen LogP contribution in [0.2, 0.25) is 0 Å². The van der Waals surface area contributed by atoms with Crippen LogP contribution in [0.15, 0.2) is 24.3 Å². The molecule has 1 saturated heterocycles. The van der Waals surface area contributed by atoms with Gasteiger partial charge < -0.3 is 15.1 Å². The fourth-order valence-corrected chi connectivity index (χ4v) is 3.89. The van der Waals surface area contributed by atoms with Gasteiger partial charge in [-0.1, -0.05) is 13.8 Å². The highest BCUT2D eigenvalue weighted by atomic mass is 16.2. The van der Waals surface area contributed by atoms with Crippen molar-refractivity contribution in [1.82, 2.24) is 4.90 Å². The third kappa shape index (κ3) is 5.56. The molecule has 0 spiro atoms. The van der Waals surface area contributed by atoms with Crippen LogP contribution in [-0.2, 0) is 4.79 Å². The minimum absolute atomic E-state index is 0.0311. The number of carbonyl (C=O) groups is 2. The summed E-state index contributed by atoms with van der Waals surface area (Å²) in [5, 5.41) is 2.96. The Balaban J connectivity index is 1.90. The van der Waals surface area contributed by atoms with E-state index in [0.29, 0.717) is 37.0 Å². The number of nitrogens with one attached hydrogen (secondary N) is 2. The van der Waals surface area contributed by atoms with Crippen LogP contribution in [-0.4, -0.2) is 49.4 Å². The third-order valence-electron chi connectivity index (χ3n) is 4.96. The average Bonchev–Trinajstić information content (AvgIpc) is 2.55. The van der Waals surface area contributed by atoms with Crippen LogP contribution in [0.5, 0.6) is 0 Å². The zero-order valence-electron chi connectivity index (χ0n) is 16.0. The SMILES string of the molecule is CCN(CC)C(=O)c1ccc(NC(=O)C[NH+]2C[C@@H](C)C[C@H](C)C2)cc1. The van der Waals surface area contributed by atoms with Gasteiger partial charge in [0.1, 0.15) is 0 Å². The summed E-state index contributed by atoms with van der Waals surface area (Å²) in [5.41, 5.74) is 1.41. The lowest BCUT2D eigenvalue weighted by Gasteiger charge is -2.31. The van der Waals surface area contributed by atoms with Gasteiger partial charge in [-0.05, 0) is 44.5 Å². The lowest BCUT2D eigenvalue weighted by Crippen LogP contribution is -3.15. The monoisotopic (exact) mass is 346 g/mol. The van der Waals surface area contributed by atoms with Crippen LogP contribution in [0.1, 0.15) is 44.5 Å². The second-order valence-electron chi connectivity index (χ2n) is 7.38. The Hall–Kier alpha value is -1.88. The number of carbonyl (C=O) groups excluding carboxylic acids is 2. The van der Waals surface area contributed by atoms with Gasteiger partial charge in [0.05, 0.1) is 13.1 Å². The van der Waals surface area contributed by atoms with E-state index in [1.165, 1.54) is 11.3 Å². The number of rotatable bonds is 6. The van der Waals surface area contributed by atoms with Crippen molar-refractivity contribution < 1.29 is 14.5 Å². The molecule has 1 aliphatic rings. The number of likely N-dealkylation sites (tertiary alicyclic amines) is 1. The lowest BCUT2D eigenvalue weighted by atomic mass is 9.92. The largest absolute Gasteiger partial charge is 0.339 e. The molecular formula is C20H32N3O2+. The molecule has 0 bridgehead atoms. The van der Waals surface area contributed by atoms with E-state index < -0.39 is 0 Å². The van der Waals surface area contributed by atoms with Crippen LogP contribution < -0.4 is 10.2 Å². The maximum absolute atomic E-state index is 12.3. The highest BCUT2D eigenvalue weighted by molar-refractivity contribution is 5.96. The van der Waals surface area contributed by atoms with Gasteiger partial charge in [-0.15, -0.1) is 0 Å². The predicted octanol–water partition coefficient (Wildman–Crippen LogP) is 1.67. The number of hydrogen-bond donors (Lipinski definition) is 2. The Morgan fingerprint density at radius 1 is 1.08 bits per heavy atom. The van der Waals surface area contributed by atoms with E-state index in [2.05, 4.69) is 19.2 Å². The van der Waals surface area contributed by atoms with Crippen molar-refractivity contribution in [3.05, 3.63) is 29.8 Å². The minimum atomic E-state index is 0.0311. The Kier molecular flexibility index (Phi) is 7.00. The first kappa shape index (κ1) is 19.4. The number of piperidine rings is 1. The van der Waals surface area contributed by atoms with Crippen LogP contribution in [0.3, 0.4) is 0 Å². The lowest BCUT2D eigenvalue weighted by molar-refractivity contribution is -0.904. The van der Waals surface area contributed by atoms with Gasteiger partial charge in [0.15, 0.2) is 6.54 Å². The van der Waals surface area contributed by atoms with Gasteiger partial charge in [0.25, 0.3) is 11.8 Å². The van der Waals surface area contributed by atoms with Crippen LogP contribution in [0, 0.1) is 11.8 Å². The number of nitrogens with zero attached hydrogens (tertiary/aromatic N) is 1. The fourth-order valence-electron chi connectivity index (χ4n) is 3.89. The molecule has 2 atom stereocenters. The summed E-state index contributed by atoms with van der Waals surface area (Å²) in [5.74, 6) is 1.43. The van der Waals surface area contributed by atoms with Gasteiger partial charge >= 0.3 is 0 Å². The smallest absolute Gasteiger partial charge is 0.279 e. The zero-order valence-corrected chi connectivity index (χ0v) is 16.0. The molecule has 0 unspecified atom stereocenters. The maximum Gasteiger partial charge on any atom is 0.279 e. The summed E-state index contributed by atoms with van der Waals surface area (Å²) in [7, 11) is 0. The van der Waals surface area contributed by atoms with E-state index in [1.807, 2.05) is 26.0 Å². The first-order valence-corrected chi connectivity index (χ1v) is 9.45. The maximum atomic E-state index is 12.3. The molecule has 1 heterocycles. The standard InChI is InChI=1S/C20H31N3O2/c1-5-23(6-2)20(25)17-7-9-18(10-8-17)21-19(24)14-22-12-15(3)11-16(4)13-22/h7-10,15-16H,5-6,11-14H2,1-4H3,(H,21,24)/p+1/t15-,16-/m0/s1. The van der Waals surface area contributed by atoms with Crippen molar-refractivity contribution >= 4 is 17.5 Å². The van der Waals surface area contributed by atoms with Gasteiger partial charge in [-0.25, -0.2) is 0 Å². The topological polar surface area (TPSA) is 53.9 Å². The Morgan fingerprint density at radius 3 is 2.16 bits per heavy atom. The van der Waals surface area contributed by atoms with Crippen LogP contribution in [0.25, 0.3) is 0 Å². The van der Waals surface area contributed by atoms with Gasteiger partial charge in [0.2, 0.25) is 0 Å². The summed E-state index contributed by atoms with van der Waals surface area (Å²) in [6, 6.07) is 7.19. The number of anilines is 1. The molecule has 1 aromatic carbocycles. The quantitative estimate of drug-likeness (QED) is 0.823. The normalized spacial score (nSPS) is 23.1. The zero-order chi connectivity index (χ0) is 18.4. The van der Waals surface area contributed by atoms with Gasteiger partial charge in [-0.3, -0.25) is 9.59 Å². The predicted molar refractivity (Wildman–Crippen MR) is 101 cm³/mol. The van der Waals surface area contributed by atoms with Gasteiger partial charge in [0, 0.05) is 36.2 Å². The second kappa shape index (κ2) is 8.99. The second-order valence-corrected chi connectivity index (χ2v) is 7.38. The number of hydrogen-bond acceptors (Lipinski definition) is 2. The van der Waals surface area contributed by atoms with Crippen molar-refractivity contribution in [3.8, 4) is 0 Å². The van der Waals surface area contributed by atoms with E-state index in [1.54, 1.807) is 17.0 Å². The molecule has 0 aliphatic carbocycles. The Labute approximate surface area is 151 Å². The molecule has 1 aliphatic heterocycles. The van der Waals surface area contributed by atoms with Crippen molar-refractivity contribution in [2.75, 3.05) is 38.0 Å². The molecular weight excluding hydrogens is 314 g/mol. The average molecular weight is 346 g/mol. The molecule has 1 aromatic rings. The third-order valence-corrected chi connectivity index (χ3v) is 4.96. The molecule has 1 fully saturated rings. The molecule has 0 aromatic heterocycles. The summed E-state index contributed by atoms with van der Waals surface area (Å²) in [4.78, 5) is 27.8. The van der Waals surface area contributed by atoms with Crippen LogP contribution >= 0.6 is 0 Å². The molecule has 5 heteroatoms. The first-order chi connectivity index (χ1) is 11.9. The van der Waals surface area contributed by atoms with Crippen LogP contribution in [0.4, 0.5) is 5.69 Å². The van der Waals surface area contributed by atoms with Crippen molar-refractivity contribution in [1.29, 1.82) is 0 Å². The number of benzene rings is 1. The fraction of sp³-hybridized carbons (Fsp3) is 0.600. The van der Waals surface area contributed by atoms with E-state index >= 15 is 0 Å². The van der Waals surface area contributed by atoms with Gasteiger partial charge in [-0.2, -0.15) is 0 Å². The minimum Gasteiger partial charge on any atom is -0.339 e. The van der Waals surface area contributed by atoms with E-state index in [0.717, 1.165) is 18.8 Å². The molecule has 2 N–H and O–H groups in total. The Bertz CT molecular complexity index is 571. The number of quaternary nitrogens is 1. The molecule has 0 radical (unpaired) electrons. The molecule has 25 heavy (non-hydrogen) atoms. The number of amides is 2. The summed E-state index contributed by atoms with van der Waals surface area (Å²) >= 11 is 0. The molecule has 2 rings (SSSR count). The Morgan fingerprint density at radius 2 is 1.64 bits per heavy atom. The summed E-state index contributed by atoms with van der Waals surface area (Å²) < 4.78 is 0. The highest BCUT2D eigenvalue weighted by Crippen LogP contribution is 2.13.